The number of nitrogens with zero attached hydrogens (tertiary/aromatic N) is 2. The van der Waals surface area contributed by atoms with Crippen molar-refractivity contribution in [2.24, 2.45) is 11.5 Å². The molecule has 7 nitrogen and oxygen atoms in total. The quantitative estimate of drug-likeness (QED) is 0.801. The highest BCUT2D eigenvalue weighted by Crippen LogP contribution is 2.25. The molecule has 0 radical (unpaired) electrons. The Hall–Kier alpha value is -2.25. The number of aromatic nitrogens is 2. The molecular formula is C11H9Cl2N5O2. The highest BCUT2D eigenvalue weighted by molar-refractivity contribution is 6.42. The number of primary amides is 2. The Labute approximate surface area is 123 Å². The number of rotatable bonds is 3. The molecule has 9 heteroatoms. The van der Waals surface area contributed by atoms with Crippen molar-refractivity contribution in [2.45, 2.75) is 0 Å². The van der Waals surface area contributed by atoms with Gasteiger partial charge in [0, 0.05) is 0 Å². The van der Waals surface area contributed by atoms with Crippen LogP contribution in [0.4, 0.5) is 10.5 Å². The first-order valence-corrected chi connectivity index (χ1v) is 6.05. The fourth-order valence-electron chi connectivity index (χ4n) is 1.54. The molecule has 1 heterocycles. The molecule has 0 aliphatic rings. The van der Waals surface area contributed by atoms with Crippen molar-refractivity contribution in [3.05, 3.63) is 40.1 Å². The van der Waals surface area contributed by atoms with Crippen LogP contribution in [0.5, 0.6) is 0 Å². The lowest BCUT2D eigenvalue weighted by Crippen LogP contribution is -2.22. The summed E-state index contributed by atoms with van der Waals surface area (Å²) >= 11 is 11.7. The van der Waals surface area contributed by atoms with E-state index in [9.17, 15) is 9.59 Å². The fraction of sp³-hybridized carbons (Fsp3) is 0. The summed E-state index contributed by atoms with van der Waals surface area (Å²) in [6.45, 7) is 0. The second-order valence-electron chi connectivity index (χ2n) is 3.79. The first-order chi connectivity index (χ1) is 9.38. The highest BCUT2D eigenvalue weighted by Gasteiger charge is 2.16. The van der Waals surface area contributed by atoms with E-state index < -0.39 is 11.9 Å². The normalized spacial score (nSPS) is 10.3. The summed E-state index contributed by atoms with van der Waals surface area (Å²) in [5.74, 6) is -0.799. The Kier molecular flexibility index (Phi) is 3.82. The average Bonchev–Trinajstić information content (AvgIpc) is 2.76. The summed E-state index contributed by atoms with van der Waals surface area (Å²) in [6.07, 6.45) is 1.39. The zero-order valence-electron chi connectivity index (χ0n) is 9.93. The van der Waals surface area contributed by atoms with Gasteiger partial charge in [0.25, 0.3) is 5.91 Å². The smallest absolute Gasteiger partial charge is 0.316 e. The van der Waals surface area contributed by atoms with Crippen molar-refractivity contribution in [3.63, 3.8) is 0 Å². The lowest BCUT2D eigenvalue weighted by molar-refractivity contribution is 0.0996. The van der Waals surface area contributed by atoms with E-state index in [4.69, 9.17) is 34.7 Å². The van der Waals surface area contributed by atoms with E-state index >= 15 is 0 Å². The fourth-order valence-corrected chi connectivity index (χ4v) is 1.83. The molecule has 3 amide bonds. The minimum atomic E-state index is -0.832. The number of hydrogen-bond donors (Lipinski definition) is 3. The Morgan fingerprint density at radius 3 is 2.45 bits per heavy atom. The Morgan fingerprint density at radius 1 is 1.20 bits per heavy atom. The largest absolute Gasteiger partial charge is 0.364 e. The second-order valence-corrected chi connectivity index (χ2v) is 4.60. The molecule has 0 saturated heterocycles. The van der Waals surface area contributed by atoms with Crippen LogP contribution in [0.2, 0.25) is 10.0 Å². The molecule has 0 fully saturated rings. The van der Waals surface area contributed by atoms with Gasteiger partial charge in [-0.2, -0.15) is 5.10 Å². The van der Waals surface area contributed by atoms with Crippen LogP contribution < -0.4 is 16.8 Å². The third-order valence-corrected chi connectivity index (χ3v) is 3.11. The van der Waals surface area contributed by atoms with Crippen LogP contribution in [-0.2, 0) is 0 Å². The Morgan fingerprint density at radius 2 is 1.90 bits per heavy atom. The number of carbonyl (C=O) groups is 2. The highest BCUT2D eigenvalue weighted by atomic mass is 35.5. The van der Waals surface area contributed by atoms with Gasteiger partial charge in [-0.25, -0.2) is 9.48 Å². The van der Waals surface area contributed by atoms with E-state index in [-0.39, 0.29) is 11.4 Å². The van der Waals surface area contributed by atoms with E-state index in [0.29, 0.717) is 15.7 Å². The number of nitrogens with one attached hydrogen (secondary N) is 1. The van der Waals surface area contributed by atoms with Gasteiger partial charge >= 0.3 is 6.03 Å². The van der Waals surface area contributed by atoms with Gasteiger partial charge in [-0.15, -0.1) is 0 Å². The maximum atomic E-state index is 11.3. The third-order valence-electron chi connectivity index (χ3n) is 2.37. The molecule has 0 unspecified atom stereocenters. The lowest BCUT2D eigenvalue weighted by Gasteiger charge is -2.02. The average molecular weight is 314 g/mol. The number of carbonyl (C=O) groups excluding carboxylic acids is 2. The number of halogens is 2. The zero-order chi connectivity index (χ0) is 14.9. The Bertz CT molecular complexity index is 698. The molecule has 0 aliphatic carbocycles. The minimum absolute atomic E-state index is 0.107. The van der Waals surface area contributed by atoms with Crippen molar-refractivity contribution < 1.29 is 9.59 Å². The monoisotopic (exact) mass is 313 g/mol. The summed E-state index contributed by atoms with van der Waals surface area (Å²) in [4.78, 5) is 22.1. The summed E-state index contributed by atoms with van der Waals surface area (Å²) < 4.78 is 1.33. The molecule has 5 N–H and O–H groups in total. The van der Waals surface area contributed by atoms with E-state index in [0.717, 1.165) is 0 Å². The second kappa shape index (κ2) is 5.40. The van der Waals surface area contributed by atoms with Crippen molar-refractivity contribution in [1.82, 2.24) is 9.78 Å². The summed E-state index contributed by atoms with van der Waals surface area (Å²) in [5, 5.41) is 6.95. The van der Waals surface area contributed by atoms with E-state index in [1.54, 1.807) is 18.2 Å². The van der Waals surface area contributed by atoms with Gasteiger partial charge in [-0.05, 0) is 18.2 Å². The predicted octanol–water partition coefficient (Wildman–Crippen LogP) is 1.77. The maximum Gasteiger partial charge on any atom is 0.316 e. The van der Waals surface area contributed by atoms with E-state index in [1.165, 1.54) is 10.9 Å². The molecule has 0 spiro atoms. The van der Waals surface area contributed by atoms with Crippen LogP contribution in [0.1, 0.15) is 10.5 Å². The van der Waals surface area contributed by atoms with Gasteiger partial charge in [0.1, 0.15) is 0 Å². The molecule has 2 aromatic rings. The molecule has 0 saturated carbocycles. The molecule has 1 aromatic carbocycles. The molecule has 20 heavy (non-hydrogen) atoms. The van der Waals surface area contributed by atoms with Gasteiger partial charge in [0.05, 0.1) is 27.6 Å². The number of urea groups is 1. The van der Waals surface area contributed by atoms with Crippen LogP contribution in [0.3, 0.4) is 0 Å². The standard InChI is InChI=1S/C11H9Cl2N5O2/c12-6-2-1-5(3-7(6)13)18-4-8(16-11(15)20)9(17-18)10(14)19/h1-4H,(H2,14,19)(H3,15,16,20). The van der Waals surface area contributed by atoms with Crippen molar-refractivity contribution >= 4 is 40.8 Å². The number of amides is 3. The predicted molar refractivity (Wildman–Crippen MR) is 75.3 cm³/mol. The van der Waals surface area contributed by atoms with Gasteiger partial charge in [-0.3, -0.25) is 4.79 Å². The molecular weight excluding hydrogens is 305 g/mol. The number of benzene rings is 1. The summed E-state index contributed by atoms with van der Waals surface area (Å²) in [6, 6.07) is 3.93. The van der Waals surface area contributed by atoms with Crippen molar-refractivity contribution in [2.75, 3.05) is 5.32 Å². The van der Waals surface area contributed by atoms with Crippen LogP contribution in [-0.4, -0.2) is 21.7 Å². The first-order valence-electron chi connectivity index (χ1n) is 5.30. The molecule has 0 aliphatic heterocycles. The molecule has 0 atom stereocenters. The number of nitrogens with two attached hydrogens (primary N) is 2. The molecule has 1 aromatic heterocycles. The molecule has 2 rings (SSSR count). The van der Waals surface area contributed by atoms with E-state index in [1.807, 2.05) is 0 Å². The Balaban J connectivity index is 2.49. The number of hydrogen-bond acceptors (Lipinski definition) is 3. The van der Waals surface area contributed by atoms with Crippen molar-refractivity contribution in [3.8, 4) is 5.69 Å². The van der Waals surface area contributed by atoms with Crippen LogP contribution in [0.25, 0.3) is 5.69 Å². The maximum absolute atomic E-state index is 11.3. The van der Waals surface area contributed by atoms with Crippen molar-refractivity contribution in [1.29, 1.82) is 0 Å². The number of anilines is 1. The van der Waals surface area contributed by atoms with E-state index in [2.05, 4.69) is 10.4 Å². The lowest BCUT2D eigenvalue weighted by atomic mass is 10.3. The third kappa shape index (κ3) is 2.84. The molecule has 104 valence electrons. The first kappa shape index (κ1) is 14.2. The van der Waals surface area contributed by atoms with Crippen LogP contribution >= 0.6 is 23.2 Å². The summed E-state index contributed by atoms with van der Waals surface area (Å²) in [7, 11) is 0. The van der Waals surface area contributed by atoms with Gasteiger partial charge < -0.3 is 16.8 Å². The van der Waals surface area contributed by atoms with Crippen LogP contribution in [0, 0.1) is 0 Å². The van der Waals surface area contributed by atoms with Gasteiger partial charge in [-0.1, -0.05) is 23.2 Å². The topological polar surface area (TPSA) is 116 Å². The SMILES string of the molecule is NC(=O)Nc1cn(-c2ccc(Cl)c(Cl)c2)nc1C(N)=O. The van der Waals surface area contributed by atoms with Crippen LogP contribution in [0.15, 0.2) is 24.4 Å². The van der Waals surface area contributed by atoms with Gasteiger partial charge in [0.2, 0.25) is 0 Å². The molecule has 0 bridgehead atoms. The minimum Gasteiger partial charge on any atom is -0.364 e. The summed E-state index contributed by atoms with van der Waals surface area (Å²) in [5.41, 5.74) is 10.7. The van der Waals surface area contributed by atoms with Gasteiger partial charge in [0.15, 0.2) is 5.69 Å². The zero-order valence-corrected chi connectivity index (χ0v) is 11.4.